The van der Waals surface area contributed by atoms with E-state index in [1.165, 1.54) is 6.20 Å². The lowest BCUT2D eigenvalue weighted by Gasteiger charge is -2.44. The number of para-hydroxylation sites is 1. The van der Waals surface area contributed by atoms with Crippen molar-refractivity contribution in [1.29, 1.82) is 5.26 Å². The Morgan fingerprint density at radius 1 is 1.32 bits per heavy atom. The highest BCUT2D eigenvalue weighted by atomic mass is 16.5. The lowest BCUT2D eigenvalue weighted by molar-refractivity contribution is -0.514. The van der Waals surface area contributed by atoms with Gasteiger partial charge in [-0.3, -0.25) is 15.1 Å². The summed E-state index contributed by atoms with van der Waals surface area (Å²) in [4.78, 5) is 29.2. The van der Waals surface area contributed by atoms with Gasteiger partial charge in [-0.2, -0.15) is 5.26 Å². The molecule has 0 saturated carbocycles. The monoisotopic (exact) mass is 498 g/mol. The minimum absolute atomic E-state index is 0.0181. The van der Waals surface area contributed by atoms with Gasteiger partial charge in [-0.05, 0) is 41.5 Å². The van der Waals surface area contributed by atoms with Crippen LogP contribution < -0.4 is 31.7 Å². The van der Waals surface area contributed by atoms with E-state index in [0.29, 0.717) is 53.6 Å². The summed E-state index contributed by atoms with van der Waals surface area (Å²) in [5.41, 5.74) is 1.82. The van der Waals surface area contributed by atoms with Crippen molar-refractivity contribution < 1.29 is 5.48 Å². The molecule has 1 aliphatic rings. The van der Waals surface area contributed by atoms with Gasteiger partial charge >= 0.3 is 0 Å². The standard InChI is InChI=1S/C27H30N8O2/c1-18(2)24-16-34(27-32-23-11-5-4-9-21(23)25(36)33-27)14-15-35(24)26(29-17-28)31-22-12-6-8-19(3)20(22)10-7-13-30-37/h4-13,18,24H,3,14-16,30H2,1-2H3,(H,29,31)(H,32,33,36)/b13-7-,20-10+. The maximum Gasteiger partial charge on any atom is 0.260 e. The Labute approximate surface area is 214 Å². The summed E-state index contributed by atoms with van der Waals surface area (Å²) in [7, 11) is 0. The number of hydrogen-bond acceptors (Lipinski definition) is 6. The highest BCUT2D eigenvalue weighted by molar-refractivity contribution is 5.85. The van der Waals surface area contributed by atoms with Crippen LogP contribution in [0.25, 0.3) is 23.6 Å². The Bertz CT molecular complexity index is 1540. The highest BCUT2D eigenvalue weighted by Gasteiger charge is 2.32. The van der Waals surface area contributed by atoms with Crippen molar-refractivity contribution in [1.82, 2.24) is 20.2 Å². The molecule has 2 heterocycles. The van der Waals surface area contributed by atoms with E-state index in [4.69, 9.17) is 9.98 Å². The van der Waals surface area contributed by atoms with Crippen molar-refractivity contribution in [2.45, 2.75) is 19.9 Å². The topological polar surface area (TPSA) is 140 Å². The third-order valence-corrected chi connectivity index (χ3v) is 6.38. The van der Waals surface area contributed by atoms with Gasteiger partial charge in [0.15, 0.2) is 6.19 Å². The third kappa shape index (κ3) is 5.69. The van der Waals surface area contributed by atoms with E-state index < -0.39 is 0 Å². The predicted octanol–water partition coefficient (Wildman–Crippen LogP) is 0.594. The number of rotatable bonds is 5. The molecular formula is C27H30N8O2. The van der Waals surface area contributed by atoms with Gasteiger partial charge in [0.1, 0.15) is 0 Å². The van der Waals surface area contributed by atoms with Gasteiger partial charge in [-0.1, -0.05) is 44.7 Å². The largest absolute Gasteiger partial charge is 0.631 e. The Hall–Kier alpha value is -4.46. The molecule has 0 radical (unpaired) electrons. The number of aromatic amines is 1. The number of nitrogens with two attached hydrogens (primary N) is 1. The van der Waals surface area contributed by atoms with E-state index in [1.807, 2.05) is 42.6 Å². The third-order valence-electron chi connectivity index (χ3n) is 6.38. The molecular weight excluding hydrogens is 468 g/mol. The zero-order chi connectivity index (χ0) is 26.4. The minimum atomic E-state index is -0.169. The second-order valence-corrected chi connectivity index (χ2v) is 9.07. The molecule has 4 N–H and O–H groups in total. The van der Waals surface area contributed by atoms with E-state index in [2.05, 4.69) is 40.5 Å². The molecule has 3 aromatic rings. The number of aliphatic imine (C=N–C) groups is 1. The first kappa shape index (κ1) is 25.6. The summed E-state index contributed by atoms with van der Waals surface area (Å²) in [6.07, 6.45) is 6.83. The average Bonchev–Trinajstić information content (AvgIpc) is 2.89. The van der Waals surface area contributed by atoms with Crippen LogP contribution in [0.3, 0.4) is 0 Å². The molecule has 1 fully saturated rings. The first-order chi connectivity index (χ1) is 17.9. The number of anilines is 1. The number of allylic oxidation sites excluding steroid dienone is 1. The number of nitrogens with zero attached hydrogens (tertiary/aromatic N) is 5. The number of quaternary nitrogens is 1. The highest BCUT2D eigenvalue weighted by Crippen LogP contribution is 2.22. The number of benzene rings is 2. The van der Waals surface area contributed by atoms with Crippen LogP contribution in [-0.4, -0.2) is 46.5 Å². The molecule has 4 rings (SSSR count). The molecule has 0 spiro atoms. The maximum absolute atomic E-state index is 12.6. The number of nitriles is 1. The summed E-state index contributed by atoms with van der Waals surface area (Å²) in [5, 5.41) is 25.1. The van der Waals surface area contributed by atoms with Crippen molar-refractivity contribution in [3.63, 3.8) is 0 Å². The molecule has 0 aliphatic carbocycles. The molecule has 10 nitrogen and oxygen atoms in total. The van der Waals surface area contributed by atoms with Gasteiger partial charge in [0, 0.05) is 24.9 Å². The summed E-state index contributed by atoms with van der Waals surface area (Å²) in [6, 6.07) is 12.8. The van der Waals surface area contributed by atoms with Crippen molar-refractivity contribution in [2.75, 3.05) is 24.5 Å². The second-order valence-electron chi connectivity index (χ2n) is 9.07. The lowest BCUT2D eigenvalue weighted by Crippen LogP contribution is -2.69. The molecule has 1 unspecified atom stereocenters. The smallest absolute Gasteiger partial charge is 0.260 e. The lowest BCUT2D eigenvalue weighted by atomic mass is 10.00. The fourth-order valence-corrected chi connectivity index (χ4v) is 4.47. The summed E-state index contributed by atoms with van der Waals surface area (Å²) < 4.78 is 0. The minimum Gasteiger partial charge on any atom is -0.631 e. The zero-order valence-corrected chi connectivity index (χ0v) is 20.9. The first-order valence-corrected chi connectivity index (χ1v) is 12.1. The number of H-pyrrole nitrogens is 1. The van der Waals surface area contributed by atoms with Crippen LogP contribution in [0.4, 0.5) is 11.6 Å². The molecule has 0 amide bonds. The zero-order valence-electron chi connectivity index (χ0n) is 20.9. The molecule has 2 aromatic carbocycles. The Balaban J connectivity index is 1.70. The quantitative estimate of drug-likeness (QED) is 0.154. The van der Waals surface area contributed by atoms with Crippen LogP contribution in [-0.2, 0) is 0 Å². The van der Waals surface area contributed by atoms with Gasteiger partial charge in [-0.25, -0.2) is 9.98 Å². The number of hydrogen-bond donors (Lipinski definition) is 3. The Morgan fingerprint density at radius 2 is 2.14 bits per heavy atom. The van der Waals surface area contributed by atoms with Crippen LogP contribution in [0.15, 0.2) is 64.5 Å². The van der Waals surface area contributed by atoms with E-state index in [9.17, 15) is 15.3 Å². The molecule has 190 valence electrons. The molecule has 1 aromatic heterocycles. The average molecular weight is 499 g/mol. The first-order valence-electron chi connectivity index (χ1n) is 12.1. The number of fused-ring (bicyclic) bond motifs is 1. The van der Waals surface area contributed by atoms with Crippen LogP contribution >= 0.6 is 0 Å². The summed E-state index contributed by atoms with van der Waals surface area (Å²) in [5.74, 6) is 1.17. The maximum atomic E-state index is 12.6. The fraction of sp³-hybridized carbons (Fsp3) is 0.259. The number of hydroxylamine groups is 1. The van der Waals surface area contributed by atoms with E-state index in [0.717, 1.165) is 10.4 Å². The predicted molar refractivity (Wildman–Crippen MR) is 146 cm³/mol. The van der Waals surface area contributed by atoms with Crippen LogP contribution in [0.5, 0.6) is 0 Å². The summed E-state index contributed by atoms with van der Waals surface area (Å²) >= 11 is 0. The Kier molecular flexibility index (Phi) is 7.98. The Morgan fingerprint density at radius 3 is 2.89 bits per heavy atom. The van der Waals surface area contributed by atoms with Crippen LogP contribution in [0.2, 0.25) is 0 Å². The molecule has 1 aliphatic heterocycles. The van der Waals surface area contributed by atoms with Crippen molar-refractivity contribution in [2.24, 2.45) is 10.9 Å². The number of guanidine groups is 1. The number of aromatic nitrogens is 2. The molecule has 0 bridgehead atoms. The second kappa shape index (κ2) is 11.5. The van der Waals surface area contributed by atoms with E-state index in [1.54, 1.807) is 18.2 Å². The summed E-state index contributed by atoms with van der Waals surface area (Å²) in [6.45, 7) is 10.0. The van der Waals surface area contributed by atoms with Crippen LogP contribution in [0.1, 0.15) is 13.8 Å². The molecule has 1 saturated heterocycles. The van der Waals surface area contributed by atoms with Gasteiger partial charge in [-0.15, -0.1) is 0 Å². The normalized spacial score (nSPS) is 17.1. The van der Waals surface area contributed by atoms with E-state index >= 15 is 0 Å². The molecule has 37 heavy (non-hydrogen) atoms. The number of nitrogens with one attached hydrogen (secondary N) is 2. The van der Waals surface area contributed by atoms with Crippen molar-refractivity contribution >= 4 is 41.2 Å². The number of piperazine rings is 1. The van der Waals surface area contributed by atoms with Gasteiger partial charge < -0.3 is 20.5 Å². The SMILES string of the molecule is C=c1cccc(N=C(NC#N)N2CCN(c3nc4ccccc4c(=O)[nH]3)CC2C(C)C)/c1=C/C=C\[NH2+][O-]. The van der Waals surface area contributed by atoms with Crippen LogP contribution in [0, 0.1) is 22.6 Å². The van der Waals surface area contributed by atoms with E-state index in [-0.39, 0.29) is 17.5 Å². The fourth-order valence-electron chi connectivity index (χ4n) is 4.47. The van der Waals surface area contributed by atoms with Crippen molar-refractivity contribution in [3.05, 3.63) is 80.7 Å². The molecule has 1 atom stereocenters. The van der Waals surface area contributed by atoms with Crippen molar-refractivity contribution in [3.8, 4) is 6.19 Å². The van der Waals surface area contributed by atoms with Gasteiger partial charge in [0.2, 0.25) is 11.9 Å². The molecule has 10 heteroatoms. The van der Waals surface area contributed by atoms with Gasteiger partial charge in [0.05, 0.1) is 28.8 Å². The van der Waals surface area contributed by atoms with Gasteiger partial charge in [0.25, 0.3) is 5.56 Å².